The fraction of sp³-hybridized carbons (Fsp3) is 0.300. The number of rotatable bonds is 8. The molecule has 36 heavy (non-hydrogen) atoms. The summed E-state index contributed by atoms with van der Waals surface area (Å²) in [6, 6.07) is 18.7. The topological polar surface area (TPSA) is 72.9 Å². The zero-order valence-electron chi connectivity index (χ0n) is 20.8. The van der Waals surface area contributed by atoms with E-state index in [1.54, 1.807) is 26.2 Å². The number of ketones is 2. The van der Waals surface area contributed by atoms with Gasteiger partial charge in [0.05, 0.1) is 5.41 Å². The molecular weight excluding hydrogens is 454 g/mol. The number of nitrogens with zero attached hydrogens (tertiary/aromatic N) is 1. The van der Waals surface area contributed by atoms with Crippen LogP contribution in [0.25, 0.3) is 11.1 Å². The largest absolute Gasteiger partial charge is 0.454 e. The predicted octanol–water partition coefficient (Wildman–Crippen LogP) is 5.22. The molecule has 0 atom stereocenters. The van der Waals surface area contributed by atoms with Crippen molar-refractivity contribution >= 4 is 17.5 Å². The van der Waals surface area contributed by atoms with Crippen molar-refractivity contribution in [2.45, 2.75) is 38.0 Å². The third kappa shape index (κ3) is 4.28. The summed E-state index contributed by atoms with van der Waals surface area (Å²) in [6.07, 6.45) is 2.28. The van der Waals surface area contributed by atoms with Crippen LogP contribution in [0.4, 0.5) is 0 Å². The second-order valence-corrected chi connectivity index (χ2v) is 9.68. The SMILES string of the molecule is CCC(=O)c1ccc(CC(=O)C2(c3ccc4c(c3)OCO4)CC2)cc1-c1ccc(C(=O)N(C)C)cc1. The van der Waals surface area contributed by atoms with E-state index in [9.17, 15) is 14.4 Å². The van der Waals surface area contributed by atoms with Crippen LogP contribution in [0.1, 0.15) is 58.0 Å². The smallest absolute Gasteiger partial charge is 0.253 e. The number of ether oxygens (including phenoxy) is 2. The average Bonchev–Trinajstić information content (AvgIpc) is 3.58. The summed E-state index contributed by atoms with van der Waals surface area (Å²) in [6.45, 7) is 2.04. The van der Waals surface area contributed by atoms with Crippen molar-refractivity contribution in [3.05, 3.63) is 82.9 Å². The predicted molar refractivity (Wildman–Crippen MR) is 137 cm³/mol. The Morgan fingerprint density at radius 2 is 1.61 bits per heavy atom. The molecule has 3 aromatic rings. The molecule has 1 aliphatic heterocycles. The summed E-state index contributed by atoms with van der Waals surface area (Å²) in [5, 5.41) is 0. The molecule has 6 heteroatoms. The molecule has 1 saturated carbocycles. The highest BCUT2D eigenvalue weighted by Gasteiger charge is 2.50. The summed E-state index contributed by atoms with van der Waals surface area (Å²) >= 11 is 0. The first-order chi connectivity index (χ1) is 17.3. The van der Waals surface area contributed by atoms with Gasteiger partial charge in [-0.2, -0.15) is 0 Å². The summed E-state index contributed by atoms with van der Waals surface area (Å²) in [7, 11) is 3.43. The molecule has 184 valence electrons. The fourth-order valence-electron chi connectivity index (χ4n) is 4.83. The zero-order chi connectivity index (χ0) is 25.4. The van der Waals surface area contributed by atoms with Crippen molar-refractivity contribution < 1.29 is 23.9 Å². The number of fused-ring (bicyclic) bond motifs is 1. The highest BCUT2D eigenvalue weighted by Crippen LogP contribution is 2.51. The van der Waals surface area contributed by atoms with Crippen LogP contribution >= 0.6 is 0 Å². The number of carbonyl (C=O) groups excluding carboxylic acids is 3. The van der Waals surface area contributed by atoms with E-state index in [2.05, 4.69) is 0 Å². The Bertz CT molecular complexity index is 1350. The van der Waals surface area contributed by atoms with Gasteiger partial charge in [-0.3, -0.25) is 14.4 Å². The summed E-state index contributed by atoms with van der Waals surface area (Å²) in [5.41, 5.74) is 4.17. The fourth-order valence-corrected chi connectivity index (χ4v) is 4.83. The third-order valence-electron chi connectivity index (χ3n) is 7.13. The molecule has 0 spiro atoms. The second kappa shape index (κ2) is 9.26. The number of hydrogen-bond acceptors (Lipinski definition) is 5. The molecule has 0 unspecified atom stereocenters. The van der Waals surface area contributed by atoms with Crippen LogP contribution in [-0.4, -0.2) is 43.3 Å². The molecule has 0 aromatic heterocycles. The zero-order valence-corrected chi connectivity index (χ0v) is 20.8. The van der Waals surface area contributed by atoms with Crippen molar-refractivity contribution in [2.24, 2.45) is 0 Å². The lowest BCUT2D eigenvalue weighted by molar-refractivity contribution is -0.120. The minimum atomic E-state index is -0.493. The van der Waals surface area contributed by atoms with E-state index >= 15 is 0 Å². The van der Waals surface area contributed by atoms with Crippen LogP contribution in [0.2, 0.25) is 0 Å². The van der Waals surface area contributed by atoms with Crippen LogP contribution in [0, 0.1) is 0 Å². The van der Waals surface area contributed by atoms with Crippen LogP contribution in [-0.2, 0) is 16.6 Å². The monoisotopic (exact) mass is 483 g/mol. The number of Topliss-reactive ketones (excluding diaryl/α,β-unsaturated/α-hetero) is 2. The Morgan fingerprint density at radius 3 is 2.28 bits per heavy atom. The molecule has 1 fully saturated rings. The Kier molecular flexibility index (Phi) is 6.12. The highest BCUT2D eigenvalue weighted by atomic mass is 16.7. The van der Waals surface area contributed by atoms with Crippen LogP contribution in [0.15, 0.2) is 60.7 Å². The summed E-state index contributed by atoms with van der Waals surface area (Å²) in [5.74, 6) is 1.52. The van der Waals surface area contributed by atoms with Gasteiger partial charge in [-0.25, -0.2) is 0 Å². The van der Waals surface area contributed by atoms with E-state index in [4.69, 9.17) is 9.47 Å². The Morgan fingerprint density at radius 1 is 0.889 bits per heavy atom. The van der Waals surface area contributed by atoms with Crippen molar-refractivity contribution in [1.29, 1.82) is 0 Å². The molecule has 1 heterocycles. The van der Waals surface area contributed by atoms with Crippen molar-refractivity contribution in [2.75, 3.05) is 20.9 Å². The molecule has 5 rings (SSSR count). The second-order valence-electron chi connectivity index (χ2n) is 9.68. The first-order valence-corrected chi connectivity index (χ1v) is 12.2. The maximum Gasteiger partial charge on any atom is 0.253 e. The molecule has 2 aliphatic rings. The van der Waals surface area contributed by atoms with E-state index in [-0.39, 0.29) is 30.7 Å². The minimum absolute atomic E-state index is 0.0374. The Labute approximate surface area is 210 Å². The van der Waals surface area contributed by atoms with Gasteiger partial charge in [0, 0.05) is 38.1 Å². The van der Waals surface area contributed by atoms with E-state index in [0.717, 1.165) is 35.1 Å². The van der Waals surface area contributed by atoms with Crippen LogP contribution in [0.3, 0.4) is 0 Å². The number of benzene rings is 3. The lowest BCUT2D eigenvalue weighted by Crippen LogP contribution is -2.22. The molecule has 1 aliphatic carbocycles. The number of carbonyl (C=O) groups is 3. The van der Waals surface area contributed by atoms with Gasteiger partial charge < -0.3 is 14.4 Å². The van der Waals surface area contributed by atoms with Gasteiger partial charge in [0.1, 0.15) is 5.78 Å². The Balaban J connectivity index is 1.44. The molecule has 0 radical (unpaired) electrons. The number of hydrogen-bond donors (Lipinski definition) is 0. The van der Waals surface area contributed by atoms with Crippen molar-refractivity contribution in [1.82, 2.24) is 4.90 Å². The summed E-state index contributed by atoms with van der Waals surface area (Å²) < 4.78 is 10.9. The molecule has 0 N–H and O–H groups in total. The normalized spacial score (nSPS) is 14.9. The lowest BCUT2D eigenvalue weighted by atomic mass is 9.86. The van der Waals surface area contributed by atoms with E-state index in [1.807, 2.05) is 55.5 Å². The van der Waals surface area contributed by atoms with E-state index in [0.29, 0.717) is 29.0 Å². The minimum Gasteiger partial charge on any atom is -0.454 e. The highest BCUT2D eigenvalue weighted by molar-refractivity contribution is 6.03. The molecule has 3 aromatic carbocycles. The van der Waals surface area contributed by atoms with Gasteiger partial charge >= 0.3 is 0 Å². The molecule has 6 nitrogen and oxygen atoms in total. The molecular formula is C30H29NO5. The van der Waals surface area contributed by atoms with Gasteiger partial charge in [0.25, 0.3) is 5.91 Å². The number of amides is 1. The summed E-state index contributed by atoms with van der Waals surface area (Å²) in [4.78, 5) is 40.0. The quantitative estimate of drug-likeness (QED) is 0.411. The average molecular weight is 484 g/mol. The standard InChI is InChI=1S/C30H29NO5/c1-4-25(32)23-11-5-19(15-24(23)20-6-8-21(9-7-20)29(34)31(2)3)16-28(33)30(13-14-30)22-10-12-26-27(17-22)36-18-35-26/h5-12,15,17H,4,13-14,16,18H2,1-3H3. The lowest BCUT2D eigenvalue weighted by Gasteiger charge is -2.17. The van der Waals surface area contributed by atoms with Crippen molar-refractivity contribution in [3.63, 3.8) is 0 Å². The van der Waals surface area contributed by atoms with Gasteiger partial charge in [-0.05, 0) is 65.4 Å². The van der Waals surface area contributed by atoms with Gasteiger partial charge in [0.15, 0.2) is 17.3 Å². The Hall–Kier alpha value is -3.93. The molecule has 0 bridgehead atoms. The van der Waals surface area contributed by atoms with Crippen molar-refractivity contribution in [3.8, 4) is 22.6 Å². The molecule has 0 saturated heterocycles. The van der Waals surface area contributed by atoms with E-state index < -0.39 is 5.41 Å². The third-order valence-corrected chi connectivity index (χ3v) is 7.13. The molecule has 1 amide bonds. The van der Waals surface area contributed by atoms with E-state index in [1.165, 1.54) is 4.90 Å². The first kappa shape index (κ1) is 23.8. The van der Waals surface area contributed by atoms with Gasteiger partial charge in [0.2, 0.25) is 6.79 Å². The van der Waals surface area contributed by atoms with Gasteiger partial charge in [-0.15, -0.1) is 0 Å². The first-order valence-electron chi connectivity index (χ1n) is 12.2. The maximum absolute atomic E-state index is 13.5. The van der Waals surface area contributed by atoms with Crippen LogP contribution in [0.5, 0.6) is 11.5 Å². The van der Waals surface area contributed by atoms with Crippen LogP contribution < -0.4 is 9.47 Å². The van der Waals surface area contributed by atoms with Gasteiger partial charge in [-0.1, -0.05) is 37.3 Å². The maximum atomic E-state index is 13.5.